The highest BCUT2D eigenvalue weighted by Gasteiger charge is 2.19. The third-order valence-electron chi connectivity index (χ3n) is 4.56. The van der Waals surface area contributed by atoms with Crippen LogP contribution in [-0.4, -0.2) is 13.2 Å². The second-order valence-electron chi connectivity index (χ2n) is 7.54. The van der Waals surface area contributed by atoms with Crippen LogP contribution in [0.1, 0.15) is 55.9 Å². The van der Waals surface area contributed by atoms with Crippen molar-refractivity contribution < 1.29 is 4.74 Å². The van der Waals surface area contributed by atoms with E-state index in [0.717, 1.165) is 12.2 Å². The van der Waals surface area contributed by atoms with Gasteiger partial charge >= 0.3 is 0 Å². The first-order valence-corrected chi connectivity index (χ1v) is 8.88. The molecule has 2 rings (SSSR count). The number of rotatable bonds is 6. The van der Waals surface area contributed by atoms with E-state index < -0.39 is 0 Å². The summed E-state index contributed by atoms with van der Waals surface area (Å²) in [6.07, 6.45) is 0.936. The Bertz CT molecular complexity index is 670. The minimum Gasteiger partial charge on any atom is -0.494 e. The van der Waals surface area contributed by atoms with E-state index in [9.17, 15) is 0 Å². The Labute approximate surface area is 147 Å². The molecule has 0 aliphatic rings. The van der Waals surface area contributed by atoms with Crippen molar-refractivity contribution in [3.05, 3.63) is 64.7 Å². The Morgan fingerprint density at radius 3 is 2.46 bits per heavy atom. The molecular weight excluding hydrogens is 294 g/mol. The number of benzene rings is 2. The predicted molar refractivity (Wildman–Crippen MR) is 103 cm³/mol. The van der Waals surface area contributed by atoms with E-state index in [2.05, 4.69) is 64.1 Å². The molecule has 0 heterocycles. The highest BCUT2D eigenvalue weighted by Crippen LogP contribution is 2.30. The van der Waals surface area contributed by atoms with Crippen LogP contribution in [0, 0.1) is 6.92 Å². The maximum Gasteiger partial charge on any atom is 0.119 e. The summed E-state index contributed by atoms with van der Waals surface area (Å²) >= 11 is 0. The van der Waals surface area contributed by atoms with E-state index in [1.807, 2.05) is 13.0 Å². The standard InChI is InChI=1S/C22H31NO/c1-6-24-20-9-7-8-17(13-20)12-18(15-23)21-14-19(22(3,4)5)11-10-16(21)2/h7-11,13-14,18H,6,12,15,23H2,1-5H3. The lowest BCUT2D eigenvalue weighted by atomic mass is 9.81. The summed E-state index contributed by atoms with van der Waals surface area (Å²) in [6.45, 7) is 12.3. The first-order valence-electron chi connectivity index (χ1n) is 8.88. The molecule has 2 heteroatoms. The molecule has 1 atom stereocenters. The molecule has 0 amide bonds. The molecule has 0 bridgehead atoms. The number of hydrogen-bond donors (Lipinski definition) is 1. The van der Waals surface area contributed by atoms with Crippen molar-refractivity contribution in [1.29, 1.82) is 0 Å². The smallest absolute Gasteiger partial charge is 0.119 e. The summed E-state index contributed by atoms with van der Waals surface area (Å²) in [5.74, 6) is 1.26. The molecule has 0 aliphatic heterocycles. The Morgan fingerprint density at radius 2 is 1.83 bits per heavy atom. The van der Waals surface area contributed by atoms with Crippen LogP contribution in [0.3, 0.4) is 0 Å². The van der Waals surface area contributed by atoms with Crippen LogP contribution in [-0.2, 0) is 11.8 Å². The Hall–Kier alpha value is -1.80. The third kappa shape index (κ3) is 4.61. The first kappa shape index (κ1) is 18.5. The Balaban J connectivity index is 2.30. The zero-order valence-electron chi connectivity index (χ0n) is 15.7. The van der Waals surface area contributed by atoms with Gasteiger partial charge in [0.25, 0.3) is 0 Å². The lowest BCUT2D eigenvalue weighted by molar-refractivity contribution is 0.340. The second kappa shape index (κ2) is 7.85. The highest BCUT2D eigenvalue weighted by molar-refractivity contribution is 5.38. The van der Waals surface area contributed by atoms with E-state index >= 15 is 0 Å². The van der Waals surface area contributed by atoms with Crippen LogP contribution in [0.4, 0.5) is 0 Å². The first-order chi connectivity index (χ1) is 11.3. The fraction of sp³-hybridized carbons (Fsp3) is 0.455. The predicted octanol–water partition coefficient (Wildman–Crippen LogP) is 4.98. The van der Waals surface area contributed by atoms with Crippen molar-refractivity contribution in [3.8, 4) is 5.75 Å². The van der Waals surface area contributed by atoms with Crippen molar-refractivity contribution in [3.63, 3.8) is 0 Å². The quantitative estimate of drug-likeness (QED) is 0.813. The molecule has 0 aliphatic carbocycles. The lowest BCUT2D eigenvalue weighted by Gasteiger charge is -2.24. The van der Waals surface area contributed by atoms with Gasteiger partial charge in [-0.25, -0.2) is 0 Å². The monoisotopic (exact) mass is 325 g/mol. The van der Waals surface area contributed by atoms with Crippen molar-refractivity contribution in [1.82, 2.24) is 0 Å². The van der Waals surface area contributed by atoms with Crippen LogP contribution in [0.15, 0.2) is 42.5 Å². The maximum atomic E-state index is 6.15. The van der Waals surface area contributed by atoms with Crippen LogP contribution >= 0.6 is 0 Å². The minimum absolute atomic E-state index is 0.149. The Morgan fingerprint density at radius 1 is 1.08 bits per heavy atom. The van der Waals surface area contributed by atoms with E-state index in [-0.39, 0.29) is 5.41 Å². The van der Waals surface area contributed by atoms with Gasteiger partial charge in [-0.3, -0.25) is 0 Å². The second-order valence-corrected chi connectivity index (χ2v) is 7.54. The zero-order chi connectivity index (χ0) is 17.7. The average Bonchev–Trinajstić information content (AvgIpc) is 2.53. The molecule has 24 heavy (non-hydrogen) atoms. The third-order valence-corrected chi connectivity index (χ3v) is 4.56. The number of nitrogens with two attached hydrogens (primary N) is 1. The van der Waals surface area contributed by atoms with Gasteiger partial charge in [0.15, 0.2) is 0 Å². The summed E-state index contributed by atoms with van der Waals surface area (Å²) in [7, 11) is 0. The van der Waals surface area contributed by atoms with Gasteiger partial charge in [0.1, 0.15) is 5.75 Å². The number of hydrogen-bond acceptors (Lipinski definition) is 2. The van der Waals surface area contributed by atoms with E-state index in [4.69, 9.17) is 10.5 Å². The number of aryl methyl sites for hydroxylation is 1. The van der Waals surface area contributed by atoms with E-state index in [0.29, 0.717) is 19.1 Å². The minimum atomic E-state index is 0.149. The summed E-state index contributed by atoms with van der Waals surface area (Å²) in [4.78, 5) is 0. The van der Waals surface area contributed by atoms with E-state index in [1.165, 1.54) is 22.3 Å². The van der Waals surface area contributed by atoms with Gasteiger partial charge in [-0.05, 0) is 66.6 Å². The highest BCUT2D eigenvalue weighted by atomic mass is 16.5. The van der Waals surface area contributed by atoms with Crippen LogP contribution in [0.2, 0.25) is 0 Å². The van der Waals surface area contributed by atoms with Crippen molar-refractivity contribution in [2.24, 2.45) is 5.73 Å². The molecular formula is C22H31NO. The van der Waals surface area contributed by atoms with Crippen LogP contribution in [0.25, 0.3) is 0 Å². The van der Waals surface area contributed by atoms with Crippen LogP contribution in [0.5, 0.6) is 5.75 Å². The van der Waals surface area contributed by atoms with Gasteiger partial charge < -0.3 is 10.5 Å². The molecule has 0 saturated carbocycles. The number of ether oxygens (including phenoxy) is 1. The van der Waals surface area contributed by atoms with Crippen molar-refractivity contribution in [2.75, 3.05) is 13.2 Å². The summed E-state index contributed by atoms with van der Waals surface area (Å²) in [6, 6.07) is 15.2. The van der Waals surface area contributed by atoms with Crippen molar-refractivity contribution in [2.45, 2.75) is 52.4 Å². The largest absolute Gasteiger partial charge is 0.494 e. The fourth-order valence-electron chi connectivity index (χ4n) is 3.08. The molecule has 2 N–H and O–H groups in total. The van der Waals surface area contributed by atoms with Gasteiger partial charge in [-0.2, -0.15) is 0 Å². The molecule has 0 saturated heterocycles. The van der Waals surface area contributed by atoms with Crippen molar-refractivity contribution >= 4 is 0 Å². The fourth-order valence-corrected chi connectivity index (χ4v) is 3.08. The normalized spacial score (nSPS) is 12.9. The lowest BCUT2D eigenvalue weighted by Crippen LogP contribution is -2.18. The molecule has 0 fully saturated rings. The maximum absolute atomic E-state index is 6.15. The van der Waals surface area contributed by atoms with E-state index in [1.54, 1.807) is 0 Å². The molecule has 130 valence electrons. The van der Waals surface area contributed by atoms with Gasteiger partial charge in [0.2, 0.25) is 0 Å². The van der Waals surface area contributed by atoms with Crippen LogP contribution < -0.4 is 10.5 Å². The summed E-state index contributed by atoms with van der Waals surface area (Å²) in [5, 5.41) is 0. The van der Waals surface area contributed by atoms with Gasteiger partial charge in [0.05, 0.1) is 6.61 Å². The molecule has 2 aromatic rings. The molecule has 0 aromatic heterocycles. The summed E-state index contributed by atoms with van der Waals surface area (Å²) in [5.41, 5.74) is 11.6. The van der Waals surface area contributed by atoms with Gasteiger partial charge in [-0.15, -0.1) is 0 Å². The zero-order valence-corrected chi connectivity index (χ0v) is 15.7. The molecule has 2 nitrogen and oxygen atoms in total. The summed E-state index contributed by atoms with van der Waals surface area (Å²) < 4.78 is 5.62. The molecule has 0 spiro atoms. The average molecular weight is 325 g/mol. The van der Waals surface area contributed by atoms with Gasteiger partial charge in [0, 0.05) is 5.92 Å². The molecule has 1 unspecified atom stereocenters. The molecule has 2 aromatic carbocycles. The van der Waals surface area contributed by atoms with Gasteiger partial charge in [-0.1, -0.05) is 51.1 Å². The topological polar surface area (TPSA) is 35.2 Å². The SMILES string of the molecule is CCOc1cccc(CC(CN)c2cc(C(C)(C)C)ccc2C)c1. The Kier molecular flexibility index (Phi) is 6.06. The molecule has 0 radical (unpaired) electrons.